The lowest BCUT2D eigenvalue weighted by Gasteiger charge is -2.34. The molecule has 0 spiro atoms. The highest BCUT2D eigenvalue weighted by molar-refractivity contribution is 5.92. The van der Waals surface area contributed by atoms with Crippen LogP contribution in [0.3, 0.4) is 0 Å². The molecule has 0 saturated carbocycles. The third-order valence-corrected chi connectivity index (χ3v) is 5.89. The molecule has 2 rings (SSSR count). The zero-order chi connectivity index (χ0) is 28.1. The molecule has 8 heteroatoms. The largest absolute Gasteiger partial charge is 0.508 e. The Bertz CT molecular complexity index is 1040. The van der Waals surface area contributed by atoms with Crippen molar-refractivity contribution in [2.45, 2.75) is 84.4 Å². The summed E-state index contributed by atoms with van der Waals surface area (Å²) in [6.45, 7) is 9.97. The minimum atomic E-state index is -1.07. The molecular formula is C30H43N3O5. The molecule has 38 heavy (non-hydrogen) atoms. The van der Waals surface area contributed by atoms with E-state index in [1.807, 2.05) is 37.3 Å². The Labute approximate surface area is 226 Å². The Hall–Kier alpha value is -3.55. The molecule has 0 fully saturated rings. The number of aromatic hydroxyl groups is 1. The van der Waals surface area contributed by atoms with Crippen molar-refractivity contribution in [1.29, 1.82) is 0 Å². The van der Waals surface area contributed by atoms with E-state index in [2.05, 4.69) is 17.6 Å². The van der Waals surface area contributed by atoms with Gasteiger partial charge in [-0.05, 0) is 45.2 Å². The van der Waals surface area contributed by atoms with E-state index in [4.69, 9.17) is 4.74 Å². The number of nitrogens with zero attached hydrogens (tertiary/aromatic N) is 1. The van der Waals surface area contributed by atoms with Gasteiger partial charge in [0.2, 0.25) is 11.8 Å². The lowest BCUT2D eigenvalue weighted by Crippen LogP contribution is -2.54. The number of ether oxygens (including phenoxy) is 1. The number of para-hydroxylation sites is 1. The highest BCUT2D eigenvalue weighted by Gasteiger charge is 2.37. The Kier molecular flexibility index (Phi) is 12.1. The predicted molar refractivity (Wildman–Crippen MR) is 149 cm³/mol. The fourth-order valence-electron chi connectivity index (χ4n) is 4.16. The van der Waals surface area contributed by atoms with Crippen LogP contribution in [0.25, 0.3) is 0 Å². The fraction of sp³-hybridized carbons (Fsp3) is 0.500. The van der Waals surface area contributed by atoms with Gasteiger partial charge in [0.05, 0.1) is 0 Å². The third-order valence-electron chi connectivity index (χ3n) is 5.89. The van der Waals surface area contributed by atoms with Crippen LogP contribution in [0.5, 0.6) is 5.75 Å². The quantitative estimate of drug-likeness (QED) is 0.315. The summed E-state index contributed by atoms with van der Waals surface area (Å²) in [6.07, 6.45) is 2.86. The maximum Gasteiger partial charge on any atom is 0.408 e. The summed E-state index contributed by atoms with van der Waals surface area (Å²) in [5.74, 6) is -0.881. The number of carbonyl (C=O) groups excluding carboxylic acids is 3. The molecule has 2 atom stereocenters. The van der Waals surface area contributed by atoms with E-state index >= 15 is 0 Å². The number of phenols is 1. The zero-order valence-electron chi connectivity index (χ0n) is 23.3. The maximum atomic E-state index is 14.1. The standard InChI is InChI=1S/C30H43N3O5/c1-6-8-14-19-31-27(35)26(23-17-12-13-18-25(23)34)33(20-7-2)28(36)24(21-22-15-10-9-11-16-22)32-29(37)38-30(3,4)5/h9-13,15-18,24,26,34H,6-8,14,19-21H2,1-5H3,(H,31,35)(H,32,37). The van der Waals surface area contributed by atoms with Gasteiger partial charge in [-0.2, -0.15) is 0 Å². The van der Waals surface area contributed by atoms with Crippen molar-refractivity contribution in [3.63, 3.8) is 0 Å². The molecule has 0 aliphatic carbocycles. The van der Waals surface area contributed by atoms with E-state index < -0.39 is 29.7 Å². The Morgan fingerprint density at radius 3 is 2.21 bits per heavy atom. The first kappa shape index (κ1) is 30.7. The van der Waals surface area contributed by atoms with Crippen LogP contribution >= 0.6 is 0 Å². The van der Waals surface area contributed by atoms with E-state index in [1.54, 1.807) is 39.0 Å². The highest BCUT2D eigenvalue weighted by atomic mass is 16.6. The van der Waals surface area contributed by atoms with Gasteiger partial charge >= 0.3 is 6.09 Å². The maximum absolute atomic E-state index is 14.1. The summed E-state index contributed by atoms with van der Waals surface area (Å²) < 4.78 is 5.44. The van der Waals surface area contributed by atoms with Crippen molar-refractivity contribution in [1.82, 2.24) is 15.5 Å². The number of hydrogen-bond acceptors (Lipinski definition) is 5. The number of unbranched alkanes of at least 4 members (excludes halogenated alkanes) is 2. The summed E-state index contributed by atoms with van der Waals surface area (Å²) in [7, 11) is 0. The van der Waals surface area contributed by atoms with E-state index in [-0.39, 0.29) is 24.6 Å². The number of nitrogens with one attached hydrogen (secondary N) is 2. The third kappa shape index (κ3) is 9.72. The average molecular weight is 526 g/mol. The lowest BCUT2D eigenvalue weighted by atomic mass is 9.99. The highest BCUT2D eigenvalue weighted by Crippen LogP contribution is 2.30. The van der Waals surface area contributed by atoms with E-state index in [1.165, 1.54) is 11.0 Å². The van der Waals surface area contributed by atoms with Crippen LogP contribution in [-0.4, -0.2) is 52.6 Å². The lowest BCUT2D eigenvalue weighted by molar-refractivity contribution is -0.142. The Morgan fingerprint density at radius 1 is 0.947 bits per heavy atom. The number of phenolic OH excluding ortho intramolecular Hbond substituents is 1. The van der Waals surface area contributed by atoms with Crippen LogP contribution in [-0.2, 0) is 20.7 Å². The molecule has 0 bridgehead atoms. The predicted octanol–water partition coefficient (Wildman–Crippen LogP) is 5.11. The van der Waals surface area contributed by atoms with Gasteiger partial charge in [-0.3, -0.25) is 9.59 Å². The van der Waals surface area contributed by atoms with Crippen LogP contribution in [0, 0.1) is 0 Å². The van der Waals surface area contributed by atoms with Crippen LogP contribution in [0.2, 0.25) is 0 Å². The first-order valence-electron chi connectivity index (χ1n) is 13.5. The number of carbonyl (C=O) groups is 3. The smallest absolute Gasteiger partial charge is 0.408 e. The first-order valence-corrected chi connectivity index (χ1v) is 13.5. The average Bonchev–Trinajstić information content (AvgIpc) is 2.86. The second-order valence-corrected chi connectivity index (χ2v) is 10.4. The molecule has 0 saturated heterocycles. The number of alkyl carbamates (subject to hydrolysis) is 1. The van der Waals surface area contributed by atoms with Gasteiger partial charge in [-0.15, -0.1) is 0 Å². The summed E-state index contributed by atoms with van der Waals surface area (Å²) >= 11 is 0. The van der Waals surface area contributed by atoms with E-state index in [9.17, 15) is 19.5 Å². The minimum Gasteiger partial charge on any atom is -0.508 e. The molecule has 2 aromatic carbocycles. The fourth-order valence-corrected chi connectivity index (χ4v) is 4.16. The molecule has 8 nitrogen and oxygen atoms in total. The van der Waals surface area contributed by atoms with Crippen LogP contribution < -0.4 is 10.6 Å². The minimum absolute atomic E-state index is 0.0742. The van der Waals surface area contributed by atoms with E-state index in [0.717, 1.165) is 24.8 Å². The second kappa shape index (κ2) is 15.0. The molecule has 0 aliphatic heterocycles. The van der Waals surface area contributed by atoms with Crippen molar-refractivity contribution in [3.8, 4) is 5.75 Å². The molecule has 0 aromatic heterocycles. The monoisotopic (exact) mass is 525 g/mol. The molecule has 0 radical (unpaired) electrons. The van der Waals surface area contributed by atoms with Crippen molar-refractivity contribution >= 4 is 17.9 Å². The van der Waals surface area contributed by atoms with Gasteiger partial charge < -0.3 is 25.4 Å². The summed E-state index contributed by atoms with van der Waals surface area (Å²) in [5.41, 5.74) is 0.434. The van der Waals surface area contributed by atoms with Gasteiger partial charge in [0.25, 0.3) is 0 Å². The van der Waals surface area contributed by atoms with Crippen LogP contribution in [0.1, 0.15) is 77.5 Å². The summed E-state index contributed by atoms with van der Waals surface area (Å²) in [6, 6.07) is 13.9. The Morgan fingerprint density at radius 2 is 1.61 bits per heavy atom. The van der Waals surface area contributed by atoms with Gasteiger partial charge in [0.15, 0.2) is 0 Å². The number of hydrogen-bond donors (Lipinski definition) is 3. The van der Waals surface area contributed by atoms with Gasteiger partial charge in [0.1, 0.15) is 23.4 Å². The molecule has 3 N–H and O–H groups in total. The number of rotatable bonds is 13. The van der Waals surface area contributed by atoms with Crippen LogP contribution in [0.15, 0.2) is 54.6 Å². The van der Waals surface area contributed by atoms with Gasteiger partial charge in [-0.1, -0.05) is 75.2 Å². The summed E-state index contributed by atoms with van der Waals surface area (Å²) in [4.78, 5) is 41.9. The van der Waals surface area contributed by atoms with Crippen molar-refractivity contribution in [2.75, 3.05) is 13.1 Å². The Balaban J connectivity index is 2.46. The van der Waals surface area contributed by atoms with Crippen molar-refractivity contribution in [2.24, 2.45) is 0 Å². The second-order valence-electron chi connectivity index (χ2n) is 10.4. The molecule has 2 unspecified atom stereocenters. The normalized spacial score (nSPS) is 12.8. The SMILES string of the molecule is CCCCCNC(=O)C(c1ccccc1O)N(CCC)C(=O)C(Cc1ccccc1)NC(=O)OC(C)(C)C. The number of benzene rings is 2. The van der Waals surface area contributed by atoms with Crippen molar-refractivity contribution in [3.05, 3.63) is 65.7 Å². The number of amides is 3. The molecule has 0 aliphatic rings. The van der Waals surface area contributed by atoms with Crippen LogP contribution in [0.4, 0.5) is 4.79 Å². The van der Waals surface area contributed by atoms with Gasteiger partial charge in [0, 0.05) is 25.1 Å². The van der Waals surface area contributed by atoms with E-state index in [0.29, 0.717) is 18.5 Å². The molecule has 3 amide bonds. The topological polar surface area (TPSA) is 108 Å². The zero-order valence-corrected chi connectivity index (χ0v) is 23.3. The molecule has 0 heterocycles. The molecule has 2 aromatic rings. The molecular weight excluding hydrogens is 482 g/mol. The first-order chi connectivity index (χ1) is 18.1. The summed E-state index contributed by atoms with van der Waals surface area (Å²) in [5, 5.41) is 16.4. The van der Waals surface area contributed by atoms with Gasteiger partial charge in [-0.25, -0.2) is 4.79 Å². The van der Waals surface area contributed by atoms with Crippen molar-refractivity contribution < 1.29 is 24.2 Å². The molecule has 208 valence electrons.